The Balaban J connectivity index is 1.29. The zero-order valence-electron chi connectivity index (χ0n) is 23.0. The molecule has 0 atom stereocenters. The van der Waals surface area contributed by atoms with E-state index < -0.39 is 17.3 Å². The fourth-order valence-corrected chi connectivity index (χ4v) is 6.28. The number of alkyl halides is 3. The Hall–Kier alpha value is -4.25. The molecule has 2 saturated heterocycles. The summed E-state index contributed by atoms with van der Waals surface area (Å²) in [5.74, 6) is -0.593. The van der Waals surface area contributed by atoms with Crippen LogP contribution < -0.4 is 4.90 Å². The van der Waals surface area contributed by atoms with Gasteiger partial charge >= 0.3 is 6.18 Å². The second-order valence-corrected chi connectivity index (χ2v) is 11.2. The number of hydrogen-bond donors (Lipinski definition) is 0. The number of Topliss-reactive ketones (excluding diaryl/α,β-unsaturated/α-hetero) is 1. The molecular formula is C31H26ClF4N5O2. The van der Waals surface area contributed by atoms with Crippen LogP contribution in [0, 0.1) is 12.7 Å². The Bertz CT molecular complexity index is 1720. The Morgan fingerprint density at radius 3 is 2.44 bits per heavy atom. The molecule has 2 fully saturated rings. The molecule has 1 amide bonds. The average molecular weight is 612 g/mol. The topological polar surface area (TPSA) is 71.3 Å². The van der Waals surface area contributed by atoms with E-state index >= 15 is 0 Å². The molecule has 0 aliphatic carbocycles. The molecule has 43 heavy (non-hydrogen) atoms. The molecule has 222 valence electrons. The van der Waals surface area contributed by atoms with E-state index in [1.807, 2.05) is 4.90 Å². The number of pyridine rings is 1. The molecule has 7 nitrogen and oxygen atoms in total. The fourth-order valence-electron chi connectivity index (χ4n) is 6.02. The highest BCUT2D eigenvalue weighted by Crippen LogP contribution is 2.40. The van der Waals surface area contributed by atoms with E-state index in [-0.39, 0.29) is 47.0 Å². The summed E-state index contributed by atoms with van der Waals surface area (Å²) in [6.07, 6.45) is -0.272. The van der Waals surface area contributed by atoms with Crippen molar-refractivity contribution >= 4 is 29.0 Å². The number of halogens is 5. The van der Waals surface area contributed by atoms with Gasteiger partial charge in [0.05, 0.1) is 22.0 Å². The van der Waals surface area contributed by atoms with Gasteiger partial charge in [0.1, 0.15) is 11.4 Å². The second kappa shape index (κ2) is 10.8. The lowest BCUT2D eigenvalue weighted by molar-refractivity contribution is -0.137. The SMILES string of the molecule is Cc1cc(N2CCC(=O)C23CCN(C(=O)c2cc(-c4cccnc4)n(-c4ccc(C(F)(F)F)cc4Cl)n2)CC3)ccc1F. The number of ketones is 1. The first-order chi connectivity index (χ1) is 20.5. The Morgan fingerprint density at radius 1 is 1.02 bits per heavy atom. The van der Waals surface area contributed by atoms with Crippen molar-refractivity contribution in [3.05, 3.63) is 94.7 Å². The largest absolute Gasteiger partial charge is 0.416 e. The van der Waals surface area contributed by atoms with Gasteiger partial charge in [-0.3, -0.25) is 14.6 Å². The molecule has 0 bridgehead atoms. The van der Waals surface area contributed by atoms with Gasteiger partial charge in [0.25, 0.3) is 5.91 Å². The standard InChI is InChI=1S/C31H26ClF4N5O2/c1-19-15-22(5-6-24(19)33)40-12-8-28(42)30(40)9-13-39(14-10-30)29(43)25-17-27(20-3-2-11-37-18-20)41(38-25)26-7-4-21(16-23(26)32)31(34,35)36/h2-7,11,15-18H,8-10,12-14H2,1H3. The Labute approximate surface area is 249 Å². The molecule has 6 rings (SSSR count). The summed E-state index contributed by atoms with van der Waals surface area (Å²) in [5, 5.41) is 4.31. The molecular weight excluding hydrogens is 586 g/mol. The zero-order chi connectivity index (χ0) is 30.5. The van der Waals surface area contributed by atoms with Gasteiger partial charge in [-0.1, -0.05) is 11.6 Å². The van der Waals surface area contributed by atoms with Crippen LogP contribution in [0.15, 0.2) is 67.0 Å². The van der Waals surface area contributed by atoms with Crippen LogP contribution in [0.5, 0.6) is 0 Å². The summed E-state index contributed by atoms with van der Waals surface area (Å²) in [6, 6.07) is 12.8. The van der Waals surface area contributed by atoms with Crippen molar-refractivity contribution in [2.75, 3.05) is 24.5 Å². The molecule has 2 aliphatic heterocycles. The van der Waals surface area contributed by atoms with Crippen LogP contribution in [0.2, 0.25) is 5.02 Å². The molecule has 4 aromatic rings. The number of carbonyl (C=O) groups is 2. The van der Waals surface area contributed by atoms with Crippen molar-refractivity contribution in [1.82, 2.24) is 19.7 Å². The van der Waals surface area contributed by atoms with Crippen molar-refractivity contribution in [3.63, 3.8) is 0 Å². The van der Waals surface area contributed by atoms with Gasteiger partial charge in [0.2, 0.25) is 0 Å². The number of aryl methyl sites for hydroxylation is 1. The predicted molar refractivity (Wildman–Crippen MR) is 153 cm³/mol. The lowest BCUT2D eigenvalue weighted by Gasteiger charge is -2.44. The third-order valence-corrected chi connectivity index (χ3v) is 8.62. The number of nitrogens with zero attached hydrogens (tertiary/aromatic N) is 5. The number of anilines is 1. The predicted octanol–water partition coefficient (Wildman–Crippen LogP) is 6.51. The second-order valence-electron chi connectivity index (χ2n) is 10.8. The quantitative estimate of drug-likeness (QED) is 0.246. The minimum Gasteiger partial charge on any atom is -0.358 e. The molecule has 2 aliphatic rings. The van der Waals surface area contributed by atoms with E-state index in [0.717, 1.165) is 17.8 Å². The number of carbonyl (C=O) groups excluding carboxylic acids is 2. The highest BCUT2D eigenvalue weighted by Gasteiger charge is 2.50. The van der Waals surface area contributed by atoms with E-state index in [0.29, 0.717) is 42.6 Å². The third kappa shape index (κ3) is 5.15. The van der Waals surface area contributed by atoms with Gasteiger partial charge in [0.15, 0.2) is 11.5 Å². The number of piperidine rings is 1. The number of likely N-dealkylation sites (tertiary alicyclic amines) is 1. The maximum Gasteiger partial charge on any atom is 0.416 e. The normalized spacial score (nSPS) is 16.7. The molecule has 12 heteroatoms. The average Bonchev–Trinajstić information content (AvgIpc) is 3.56. The van der Waals surface area contributed by atoms with E-state index in [1.165, 1.54) is 16.8 Å². The minimum atomic E-state index is -4.57. The van der Waals surface area contributed by atoms with Crippen LogP contribution in [-0.4, -0.2) is 56.5 Å². The van der Waals surface area contributed by atoms with Crippen LogP contribution in [-0.2, 0) is 11.0 Å². The van der Waals surface area contributed by atoms with Crippen molar-refractivity contribution in [2.24, 2.45) is 0 Å². The highest BCUT2D eigenvalue weighted by atomic mass is 35.5. The lowest BCUT2D eigenvalue weighted by Crippen LogP contribution is -2.56. The molecule has 4 heterocycles. The summed E-state index contributed by atoms with van der Waals surface area (Å²) >= 11 is 6.30. The molecule has 0 radical (unpaired) electrons. The number of aromatic nitrogens is 3. The van der Waals surface area contributed by atoms with Crippen molar-refractivity contribution in [2.45, 2.75) is 37.9 Å². The maximum absolute atomic E-state index is 13.9. The Kier molecular flexibility index (Phi) is 7.24. The van der Waals surface area contributed by atoms with Crippen molar-refractivity contribution in [3.8, 4) is 16.9 Å². The summed E-state index contributed by atoms with van der Waals surface area (Å²) in [4.78, 5) is 34.7. The number of hydrogen-bond acceptors (Lipinski definition) is 5. The Morgan fingerprint density at radius 2 is 1.79 bits per heavy atom. The first-order valence-electron chi connectivity index (χ1n) is 13.7. The first-order valence-corrected chi connectivity index (χ1v) is 14.1. The molecule has 0 N–H and O–H groups in total. The zero-order valence-corrected chi connectivity index (χ0v) is 23.8. The highest BCUT2D eigenvalue weighted by molar-refractivity contribution is 6.32. The molecule has 2 aromatic carbocycles. The summed E-state index contributed by atoms with van der Waals surface area (Å²) < 4.78 is 55.1. The van der Waals surface area contributed by atoms with E-state index in [2.05, 4.69) is 10.1 Å². The van der Waals surface area contributed by atoms with Crippen molar-refractivity contribution < 1.29 is 27.2 Å². The van der Waals surface area contributed by atoms with Gasteiger partial charge in [-0.2, -0.15) is 18.3 Å². The van der Waals surface area contributed by atoms with Gasteiger partial charge in [-0.25, -0.2) is 9.07 Å². The van der Waals surface area contributed by atoms with Crippen LogP contribution in [0.4, 0.5) is 23.2 Å². The summed E-state index contributed by atoms with van der Waals surface area (Å²) in [7, 11) is 0. The molecule has 2 aromatic heterocycles. The number of amides is 1. The van der Waals surface area contributed by atoms with Crippen molar-refractivity contribution in [1.29, 1.82) is 0 Å². The lowest BCUT2D eigenvalue weighted by atomic mass is 9.83. The third-order valence-electron chi connectivity index (χ3n) is 8.32. The van der Waals surface area contributed by atoms with Gasteiger partial charge in [-0.05, 0) is 79.9 Å². The summed E-state index contributed by atoms with van der Waals surface area (Å²) in [5.41, 5.74) is 0.850. The smallest absolute Gasteiger partial charge is 0.358 e. The maximum atomic E-state index is 13.9. The van der Waals surface area contributed by atoms with Gasteiger partial charge in [0, 0.05) is 49.7 Å². The van der Waals surface area contributed by atoms with Crippen LogP contribution in [0.25, 0.3) is 16.9 Å². The van der Waals surface area contributed by atoms with Crippen LogP contribution in [0.3, 0.4) is 0 Å². The molecule has 0 saturated carbocycles. The first kappa shape index (κ1) is 28.9. The van der Waals surface area contributed by atoms with E-state index in [9.17, 15) is 27.2 Å². The van der Waals surface area contributed by atoms with E-state index in [4.69, 9.17) is 11.6 Å². The summed E-state index contributed by atoms with van der Waals surface area (Å²) in [6.45, 7) is 2.78. The van der Waals surface area contributed by atoms with Crippen LogP contribution in [0.1, 0.15) is 40.9 Å². The van der Waals surface area contributed by atoms with E-state index in [1.54, 1.807) is 54.5 Å². The number of rotatable bonds is 4. The number of benzene rings is 2. The molecule has 0 unspecified atom stereocenters. The molecule has 1 spiro atoms. The minimum absolute atomic E-state index is 0.0783. The monoisotopic (exact) mass is 611 g/mol. The van der Waals surface area contributed by atoms with Gasteiger partial charge in [-0.15, -0.1) is 0 Å². The van der Waals surface area contributed by atoms with Crippen LogP contribution >= 0.6 is 11.6 Å². The van der Waals surface area contributed by atoms with Gasteiger partial charge < -0.3 is 9.80 Å². The fraction of sp³-hybridized carbons (Fsp3) is 0.290.